The number of carbonyl (C=O) groups excluding carboxylic acids is 1. The minimum Gasteiger partial charge on any atom is -0.463 e. The maximum Gasteiger partial charge on any atom is 0.203 e. The van der Waals surface area contributed by atoms with Crippen LogP contribution < -0.4 is 5.43 Å². The molecule has 0 fully saturated rings. The largest absolute Gasteiger partial charge is 0.463 e. The van der Waals surface area contributed by atoms with Crippen molar-refractivity contribution in [2.75, 3.05) is 0 Å². The summed E-state index contributed by atoms with van der Waals surface area (Å²) in [6, 6.07) is 6.04. The summed E-state index contributed by atoms with van der Waals surface area (Å²) in [5.41, 5.74) is -0.0892. The van der Waals surface area contributed by atoms with Crippen molar-refractivity contribution < 1.29 is 19.4 Å². The number of fused-ring (bicyclic) bond motifs is 1. The third-order valence-electron chi connectivity index (χ3n) is 2.96. The first-order valence-electron chi connectivity index (χ1n) is 5.82. The summed E-state index contributed by atoms with van der Waals surface area (Å²) in [6.45, 7) is 0. The molecule has 1 aromatic heterocycles. The number of nitrogens with zero attached hydrogens (tertiary/aromatic N) is 1. The molecule has 0 spiro atoms. The van der Waals surface area contributed by atoms with Crippen LogP contribution in [0.15, 0.2) is 33.7 Å². The molecule has 6 nitrogen and oxygen atoms in total. The number of aliphatic hydroxyl groups is 2. The van der Waals surface area contributed by atoms with E-state index >= 15 is 0 Å². The Bertz CT molecular complexity index is 743. The highest BCUT2D eigenvalue weighted by molar-refractivity contribution is 5.84. The lowest BCUT2D eigenvalue weighted by atomic mass is 10.0. The molecule has 1 heterocycles. The molecule has 0 aliphatic heterocycles. The van der Waals surface area contributed by atoms with Crippen LogP contribution in [0.25, 0.3) is 11.0 Å². The van der Waals surface area contributed by atoms with Crippen molar-refractivity contribution in [1.82, 2.24) is 0 Å². The number of aldehydes is 1. The van der Waals surface area contributed by atoms with Gasteiger partial charge in [-0.25, -0.2) is 0 Å². The molecule has 0 bridgehead atoms. The van der Waals surface area contributed by atoms with Crippen LogP contribution in [0.5, 0.6) is 0 Å². The Hall–Kier alpha value is -2.49. The first-order valence-corrected chi connectivity index (χ1v) is 5.82. The lowest BCUT2D eigenvalue weighted by molar-refractivity contribution is 0.0217. The van der Waals surface area contributed by atoms with Gasteiger partial charge in [0, 0.05) is 0 Å². The predicted molar refractivity (Wildman–Crippen MR) is 69.1 cm³/mol. The molecule has 20 heavy (non-hydrogen) atoms. The van der Waals surface area contributed by atoms with Crippen LogP contribution in [0.3, 0.4) is 0 Å². The van der Waals surface area contributed by atoms with Gasteiger partial charge in [-0.3, -0.25) is 9.59 Å². The average Bonchev–Trinajstić information content (AvgIpc) is 2.47. The molecular weight excluding hydrogens is 262 g/mol. The van der Waals surface area contributed by atoms with E-state index < -0.39 is 17.6 Å². The molecule has 6 heteroatoms. The van der Waals surface area contributed by atoms with Gasteiger partial charge < -0.3 is 14.6 Å². The van der Waals surface area contributed by atoms with Crippen molar-refractivity contribution in [3.8, 4) is 6.07 Å². The van der Waals surface area contributed by atoms with E-state index in [1.807, 2.05) is 0 Å². The first kappa shape index (κ1) is 13.9. The summed E-state index contributed by atoms with van der Waals surface area (Å²) < 4.78 is 5.13. The molecule has 2 aromatic rings. The van der Waals surface area contributed by atoms with Gasteiger partial charge >= 0.3 is 0 Å². The topological polar surface area (TPSA) is 112 Å². The van der Waals surface area contributed by atoms with E-state index in [-0.39, 0.29) is 28.5 Å². The van der Waals surface area contributed by atoms with E-state index in [4.69, 9.17) is 9.68 Å². The highest BCUT2D eigenvalue weighted by atomic mass is 16.3. The van der Waals surface area contributed by atoms with Crippen molar-refractivity contribution in [2.45, 2.75) is 18.6 Å². The van der Waals surface area contributed by atoms with E-state index in [2.05, 4.69) is 0 Å². The van der Waals surface area contributed by atoms with Gasteiger partial charge in [0.25, 0.3) is 0 Å². The van der Waals surface area contributed by atoms with Crippen LogP contribution in [0, 0.1) is 11.3 Å². The summed E-state index contributed by atoms with van der Waals surface area (Å²) in [7, 11) is 0. The number of benzene rings is 1. The summed E-state index contributed by atoms with van der Waals surface area (Å²) in [5, 5.41) is 28.1. The van der Waals surface area contributed by atoms with Crippen LogP contribution in [0.2, 0.25) is 0 Å². The molecule has 0 radical (unpaired) electrons. The van der Waals surface area contributed by atoms with Gasteiger partial charge in [0.1, 0.15) is 18.0 Å². The van der Waals surface area contributed by atoms with Gasteiger partial charge in [0.15, 0.2) is 6.29 Å². The third-order valence-corrected chi connectivity index (χ3v) is 2.96. The van der Waals surface area contributed by atoms with Crippen LogP contribution in [0.4, 0.5) is 0 Å². The Morgan fingerprint density at radius 2 is 2.15 bits per heavy atom. The standard InChI is InChI=1S/C14H11NO5/c15-4-3-11(17)14(19)8-1-2-12-10(5-8)13(18)9(6-16)7-20-12/h1-2,5-7,11,14,17,19H,3H2. The smallest absolute Gasteiger partial charge is 0.203 e. The molecular formula is C14H11NO5. The van der Waals surface area contributed by atoms with Gasteiger partial charge in [-0.05, 0) is 17.7 Å². The molecule has 2 unspecified atom stereocenters. The second-order valence-electron chi connectivity index (χ2n) is 4.27. The quantitative estimate of drug-likeness (QED) is 0.801. The van der Waals surface area contributed by atoms with E-state index in [1.54, 1.807) is 6.07 Å². The zero-order chi connectivity index (χ0) is 14.7. The Morgan fingerprint density at radius 3 is 2.80 bits per heavy atom. The molecule has 2 N–H and O–H groups in total. The molecule has 0 saturated carbocycles. The fourth-order valence-corrected chi connectivity index (χ4v) is 1.86. The van der Waals surface area contributed by atoms with E-state index in [1.165, 1.54) is 18.2 Å². The highest BCUT2D eigenvalue weighted by Crippen LogP contribution is 2.22. The van der Waals surface area contributed by atoms with Gasteiger partial charge in [0.05, 0.1) is 29.5 Å². The van der Waals surface area contributed by atoms with Crippen LogP contribution >= 0.6 is 0 Å². The Morgan fingerprint density at radius 1 is 1.40 bits per heavy atom. The average molecular weight is 273 g/mol. The molecule has 102 valence electrons. The second kappa shape index (κ2) is 5.65. The molecule has 1 aromatic carbocycles. The third kappa shape index (κ3) is 2.45. The number of hydrogen-bond donors (Lipinski definition) is 2. The monoisotopic (exact) mass is 273 g/mol. The summed E-state index contributed by atoms with van der Waals surface area (Å²) in [4.78, 5) is 22.6. The van der Waals surface area contributed by atoms with Crippen LogP contribution in [0.1, 0.15) is 28.4 Å². The van der Waals surface area contributed by atoms with Crippen LogP contribution in [-0.4, -0.2) is 22.6 Å². The van der Waals surface area contributed by atoms with Crippen molar-refractivity contribution in [2.24, 2.45) is 0 Å². The molecule has 0 aliphatic rings. The molecule has 0 amide bonds. The fourth-order valence-electron chi connectivity index (χ4n) is 1.86. The van der Waals surface area contributed by atoms with E-state index in [0.29, 0.717) is 6.29 Å². The van der Waals surface area contributed by atoms with Crippen molar-refractivity contribution in [1.29, 1.82) is 5.26 Å². The summed E-state index contributed by atoms with van der Waals surface area (Å²) in [6.07, 6.45) is -1.32. The number of nitriles is 1. The lowest BCUT2D eigenvalue weighted by Gasteiger charge is -2.15. The maximum absolute atomic E-state index is 11.9. The number of hydrogen-bond acceptors (Lipinski definition) is 6. The summed E-state index contributed by atoms with van der Waals surface area (Å²) in [5.74, 6) is 0. The lowest BCUT2D eigenvalue weighted by Crippen LogP contribution is -2.18. The Kier molecular flexibility index (Phi) is 3.94. The minimum atomic E-state index is -1.29. The van der Waals surface area contributed by atoms with Crippen LogP contribution in [-0.2, 0) is 0 Å². The van der Waals surface area contributed by atoms with Crippen molar-refractivity contribution in [3.05, 3.63) is 45.8 Å². The fraction of sp³-hybridized carbons (Fsp3) is 0.214. The molecule has 2 rings (SSSR count). The summed E-state index contributed by atoms with van der Waals surface area (Å²) >= 11 is 0. The van der Waals surface area contributed by atoms with Crippen molar-refractivity contribution >= 4 is 17.3 Å². The zero-order valence-corrected chi connectivity index (χ0v) is 10.3. The minimum absolute atomic E-state index is 0.123. The maximum atomic E-state index is 11.9. The predicted octanol–water partition coefficient (Wildman–Crippen LogP) is 0.913. The second-order valence-corrected chi connectivity index (χ2v) is 4.27. The normalized spacial score (nSPS) is 13.7. The van der Waals surface area contributed by atoms with E-state index in [9.17, 15) is 19.8 Å². The number of aliphatic hydroxyl groups excluding tert-OH is 2. The van der Waals surface area contributed by atoms with Gasteiger partial charge in [-0.1, -0.05) is 6.07 Å². The Labute approximate surface area is 113 Å². The van der Waals surface area contributed by atoms with Crippen molar-refractivity contribution in [3.63, 3.8) is 0 Å². The number of carbonyl (C=O) groups is 1. The van der Waals surface area contributed by atoms with Gasteiger partial charge in [-0.15, -0.1) is 0 Å². The zero-order valence-electron chi connectivity index (χ0n) is 10.3. The first-order chi connectivity index (χ1) is 9.58. The molecule has 2 atom stereocenters. The molecule has 0 aliphatic carbocycles. The van der Waals surface area contributed by atoms with E-state index in [0.717, 1.165) is 6.26 Å². The molecule has 0 saturated heterocycles. The van der Waals surface area contributed by atoms with Gasteiger partial charge in [0.2, 0.25) is 5.43 Å². The Balaban J connectivity index is 2.53. The SMILES string of the molecule is N#CCC(O)C(O)c1ccc2occ(C=O)c(=O)c2c1. The highest BCUT2D eigenvalue weighted by Gasteiger charge is 2.19. The number of rotatable bonds is 4. The van der Waals surface area contributed by atoms with Gasteiger partial charge in [-0.2, -0.15) is 5.26 Å².